The lowest BCUT2D eigenvalue weighted by atomic mass is 10.2. The SMILES string of the molecule is O=C1CC(O)CN1c1cccc([N+](=O)[O-])c1. The quantitative estimate of drug-likeness (QED) is 0.589. The predicted molar refractivity (Wildman–Crippen MR) is 56.1 cm³/mol. The second-order valence-corrected chi connectivity index (χ2v) is 3.64. The van der Waals surface area contributed by atoms with Crippen LogP contribution >= 0.6 is 0 Å². The molecule has 0 saturated carbocycles. The lowest BCUT2D eigenvalue weighted by Gasteiger charge is -2.15. The van der Waals surface area contributed by atoms with Crippen LogP contribution in [-0.4, -0.2) is 28.6 Å². The Labute approximate surface area is 91.3 Å². The molecule has 1 aromatic carbocycles. The molecule has 0 radical (unpaired) electrons. The largest absolute Gasteiger partial charge is 0.391 e. The third-order valence-electron chi connectivity index (χ3n) is 2.46. The molecule has 6 heteroatoms. The van der Waals surface area contributed by atoms with Gasteiger partial charge in [0.15, 0.2) is 0 Å². The minimum Gasteiger partial charge on any atom is -0.391 e. The van der Waals surface area contributed by atoms with E-state index in [1.54, 1.807) is 6.07 Å². The predicted octanol–water partition coefficient (Wildman–Crippen LogP) is 0.692. The summed E-state index contributed by atoms with van der Waals surface area (Å²) in [6, 6.07) is 5.82. The molecule has 1 amide bonds. The molecule has 0 spiro atoms. The van der Waals surface area contributed by atoms with Gasteiger partial charge in [0.2, 0.25) is 5.91 Å². The number of hydrogen-bond donors (Lipinski definition) is 1. The van der Waals surface area contributed by atoms with E-state index < -0.39 is 11.0 Å². The third kappa shape index (κ3) is 1.87. The molecule has 6 nitrogen and oxygen atoms in total. The summed E-state index contributed by atoms with van der Waals surface area (Å²) >= 11 is 0. The minimum absolute atomic E-state index is 0.0633. The van der Waals surface area contributed by atoms with Crippen molar-refractivity contribution in [3.8, 4) is 0 Å². The number of β-amino-alcohol motifs (C(OH)–C–C–N with tert-alkyl or cyclic N) is 1. The average molecular weight is 222 g/mol. The van der Waals surface area contributed by atoms with Crippen molar-refractivity contribution < 1.29 is 14.8 Å². The zero-order valence-corrected chi connectivity index (χ0v) is 8.37. The average Bonchev–Trinajstić information content (AvgIpc) is 2.58. The van der Waals surface area contributed by atoms with E-state index in [1.165, 1.54) is 23.1 Å². The first-order valence-corrected chi connectivity index (χ1v) is 4.81. The zero-order chi connectivity index (χ0) is 11.7. The molecule has 1 heterocycles. The van der Waals surface area contributed by atoms with E-state index in [9.17, 15) is 20.0 Å². The van der Waals surface area contributed by atoms with Gasteiger partial charge >= 0.3 is 0 Å². The smallest absolute Gasteiger partial charge is 0.271 e. The van der Waals surface area contributed by atoms with Crippen LogP contribution in [-0.2, 0) is 4.79 Å². The molecular formula is C10H10N2O4. The Bertz CT molecular complexity index is 446. The Morgan fingerprint density at radius 1 is 1.50 bits per heavy atom. The molecule has 84 valence electrons. The van der Waals surface area contributed by atoms with Gasteiger partial charge in [0.1, 0.15) is 0 Å². The Morgan fingerprint density at radius 2 is 2.25 bits per heavy atom. The number of anilines is 1. The van der Waals surface area contributed by atoms with Gasteiger partial charge in [0, 0.05) is 12.1 Å². The van der Waals surface area contributed by atoms with Crippen molar-refractivity contribution in [3.05, 3.63) is 34.4 Å². The fourth-order valence-electron chi connectivity index (χ4n) is 1.71. The number of nitro benzene ring substituents is 1. The van der Waals surface area contributed by atoms with Crippen molar-refractivity contribution in [2.24, 2.45) is 0 Å². The summed E-state index contributed by atoms with van der Waals surface area (Å²) in [6.07, 6.45) is -0.616. The molecule has 0 aromatic heterocycles. The molecule has 1 atom stereocenters. The van der Waals surface area contributed by atoms with Gasteiger partial charge in [-0.25, -0.2) is 0 Å². The van der Waals surface area contributed by atoms with E-state index in [0.717, 1.165) is 0 Å². The van der Waals surface area contributed by atoms with Gasteiger partial charge in [-0.15, -0.1) is 0 Å². The molecule has 1 aliphatic rings. The van der Waals surface area contributed by atoms with Crippen LogP contribution in [0.4, 0.5) is 11.4 Å². The number of aliphatic hydroxyl groups is 1. The second kappa shape index (κ2) is 3.90. The summed E-state index contributed by atoms with van der Waals surface area (Å²) in [5.74, 6) is -0.215. The Morgan fingerprint density at radius 3 is 2.81 bits per heavy atom. The molecule has 1 N–H and O–H groups in total. The van der Waals surface area contributed by atoms with Crippen molar-refractivity contribution in [2.75, 3.05) is 11.4 Å². The molecule has 1 fully saturated rings. The van der Waals surface area contributed by atoms with E-state index >= 15 is 0 Å². The van der Waals surface area contributed by atoms with Crippen molar-refractivity contribution in [1.82, 2.24) is 0 Å². The number of non-ortho nitro benzene ring substituents is 1. The number of rotatable bonds is 2. The Kier molecular flexibility index (Phi) is 2.57. The van der Waals surface area contributed by atoms with Crippen LogP contribution < -0.4 is 4.90 Å². The fraction of sp³-hybridized carbons (Fsp3) is 0.300. The molecular weight excluding hydrogens is 212 g/mol. The Balaban J connectivity index is 2.30. The van der Waals surface area contributed by atoms with Gasteiger partial charge in [-0.1, -0.05) is 6.07 Å². The first-order chi connectivity index (χ1) is 7.58. The van der Waals surface area contributed by atoms with E-state index in [2.05, 4.69) is 0 Å². The fourth-order valence-corrected chi connectivity index (χ4v) is 1.71. The molecule has 0 bridgehead atoms. The summed E-state index contributed by atoms with van der Waals surface area (Å²) in [5, 5.41) is 19.9. The van der Waals surface area contributed by atoms with Gasteiger partial charge in [0.25, 0.3) is 5.69 Å². The van der Waals surface area contributed by atoms with Gasteiger partial charge in [-0.05, 0) is 6.07 Å². The zero-order valence-electron chi connectivity index (χ0n) is 8.37. The van der Waals surface area contributed by atoms with Crippen molar-refractivity contribution in [1.29, 1.82) is 0 Å². The van der Waals surface area contributed by atoms with Crippen LogP contribution in [0.25, 0.3) is 0 Å². The number of benzene rings is 1. The maximum Gasteiger partial charge on any atom is 0.271 e. The van der Waals surface area contributed by atoms with Crippen LogP contribution in [0.15, 0.2) is 24.3 Å². The van der Waals surface area contributed by atoms with Crippen LogP contribution in [0.2, 0.25) is 0 Å². The molecule has 0 aliphatic carbocycles. The maximum absolute atomic E-state index is 11.5. The summed E-state index contributed by atoms with van der Waals surface area (Å²) in [6.45, 7) is 0.194. The second-order valence-electron chi connectivity index (χ2n) is 3.64. The third-order valence-corrected chi connectivity index (χ3v) is 2.46. The number of carbonyl (C=O) groups excluding carboxylic acids is 1. The van der Waals surface area contributed by atoms with E-state index in [-0.39, 0.29) is 24.6 Å². The number of amides is 1. The van der Waals surface area contributed by atoms with E-state index in [4.69, 9.17) is 0 Å². The maximum atomic E-state index is 11.5. The number of hydrogen-bond acceptors (Lipinski definition) is 4. The first kappa shape index (κ1) is 10.6. The van der Waals surface area contributed by atoms with Gasteiger partial charge < -0.3 is 10.0 Å². The Hall–Kier alpha value is -1.95. The molecule has 1 saturated heterocycles. The van der Waals surface area contributed by atoms with E-state index in [1.807, 2.05) is 0 Å². The molecule has 2 rings (SSSR count). The number of carbonyl (C=O) groups is 1. The highest BCUT2D eigenvalue weighted by Crippen LogP contribution is 2.25. The molecule has 16 heavy (non-hydrogen) atoms. The summed E-state index contributed by atoms with van der Waals surface area (Å²) in [7, 11) is 0. The van der Waals surface area contributed by atoms with Gasteiger partial charge in [-0.2, -0.15) is 0 Å². The van der Waals surface area contributed by atoms with Crippen molar-refractivity contribution >= 4 is 17.3 Å². The highest BCUT2D eigenvalue weighted by Gasteiger charge is 2.29. The lowest BCUT2D eigenvalue weighted by molar-refractivity contribution is -0.384. The summed E-state index contributed by atoms with van der Waals surface area (Å²) < 4.78 is 0. The topological polar surface area (TPSA) is 83.7 Å². The highest BCUT2D eigenvalue weighted by molar-refractivity contribution is 5.96. The summed E-state index contributed by atoms with van der Waals surface area (Å²) in [4.78, 5) is 22.9. The number of nitrogens with zero attached hydrogens (tertiary/aromatic N) is 2. The van der Waals surface area contributed by atoms with Crippen molar-refractivity contribution in [2.45, 2.75) is 12.5 Å². The standard InChI is InChI=1S/C10H10N2O4/c13-9-5-10(14)11(6-9)7-2-1-3-8(4-7)12(15)16/h1-4,9,13H,5-6H2. The van der Waals surface area contributed by atoms with Crippen molar-refractivity contribution in [3.63, 3.8) is 0 Å². The number of nitro groups is 1. The normalized spacial score (nSPS) is 20.2. The molecule has 1 unspecified atom stereocenters. The van der Waals surface area contributed by atoms with Crippen LogP contribution in [0.3, 0.4) is 0 Å². The highest BCUT2D eigenvalue weighted by atomic mass is 16.6. The van der Waals surface area contributed by atoms with Gasteiger partial charge in [-0.3, -0.25) is 14.9 Å². The minimum atomic E-state index is -0.688. The van der Waals surface area contributed by atoms with E-state index in [0.29, 0.717) is 5.69 Å². The molecule has 1 aliphatic heterocycles. The first-order valence-electron chi connectivity index (χ1n) is 4.81. The summed E-state index contributed by atoms with van der Waals surface area (Å²) in [5.41, 5.74) is 0.391. The van der Waals surface area contributed by atoms with Crippen LogP contribution in [0.5, 0.6) is 0 Å². The van der Waals surface area contributed by atoms with Gasteiger partial charge in [0.05, 0.1) is 29.7 Å². The monoisotopic (exact) mass is 222 g/mol. The van der Waals surface area contributed by atoms with Crippen LogP contribution in [0.1, 0.15) is 6.42 Å². The lowest BCUT2D eigenvalue weighted by Crippen LogP contribution is -2.25. The van der Waals surface area contributed by atoms with Crippen LogP contribution in [0, 0.1) is 10.1 Å². The molecule has 1 aromatic rings. The number of aliphatic hydroxyl groups excluding tert-OH is 1.